The summed E-state index contributed by atoms with van der Waals surface area (Å²) in [6, 6.07) is 5.33. The zero-order chi connectivity index (χ0) is 16.6. The number of sulfonamides is 1. The van der Waals surface area contributed by atoms with Gasteiger partial charge in [-0.3, -0.25) is 4.79 Å². The molecular formula is C16H23N3O3S. The first-order valence-corrected chi connectivity index (χ1v) is 9.48. The van der Waals surface area contributed by atoms with Crippen LogP contribution in [0.2, 0.25) is 0 Å². The van der Waals surface area contributed by atoms with E-state index in [1.54, 1.807) is 17.0 Å². The molecule has 0 saturated carbocycles. The molecule has 0 unspecified atom stereocenters. The van der Waals surface area contributed by atoms with Crippen LogP contribution in [0.5, 0.6) is 0 Å². The predicted octanol–water partition coefficient (Wildman–Crippen LogP) is 0.968. The number of nitrogens with one attached hydrogen (secondary N) is 1. The fraction of sp³-hybridized carbons (Fsp3) is 0.562. The van der Waals surface area contributed by atoms with Gasteiger partial charge in [0.25, 0.3) is 0 Å². The Morgan fingerprint density at radius 3 is 2.78 bits per heavy atom. The fourth-order valence-corrected chi connectivity index (χ4v) is 4.86. The van der Waals surface area contributed by atoms with Crippen LogP contribution in [0.1, 0.15) is 25.8 Å². The zero-order valence-electron chi connectivity index (χ0n) is 13.6. The quantitative estimate of drug-likeness (QED) is 0.873. The average molecular weight is 337 g/mol. The van der Waals surface area contributed by atoms with Gasteiger partial charge in [-0.05, 0) is 37.5 Å². The second-order valence-electron chi connectivity index (χ2n) is 6.28. The second-order valence-corrected chi connectivity index (χ2v) is 8.22. The highest BCUT2D eigenvalue weighted by Crippen LogP contribution is 2.31. The number of rotatable bonds is 2. The Kier molecular flexibility index (Phi) is 4.44. The van der Waals surface area contributed by atoms with Gasteiger partial charge in [0, 0.05) is 44.8 Å². The van der Waals surface area contributed by atoms with E-state index < -0.39 is 10.0 Å². The van der Waals surface area contributed by atoms with E-state index in [-0.39, 0.29) is 16.8 Å². The summed E-state index contributed by atoms with van der Waals surface area (Å²) >= 11 is 0. The topological polar surface area (TPSA) is 69.7 Å². The standard InChI is InChI=1S/C16H23N3O3S/c1-12-11-18(9-7-17-12)23(21,22)15-6-5-14-4-3-8-19(13(2)20)16(14)10-15/h5-6,10,12,17H,3-4,7-9,11H2,1-2H3/t12-/m0/s1. The highest BCUT2D eigenvalue weighted by Gasteiger charge is 2.30. The van der Waals surface area contributed by atoms with Gasteiger partial charge in [0.15, 0.2) is 0 Å². The number of fused-ring (bicyclic) bond motifs is 1. The van der Waals surface area contributed by atoms with Gasteiger partial charge in [0.05, 0.1) is 4.90 Å². The van der Waals surface area contributed by atoms with Crippen molar-refractivity contribution >= 4 is 21.6 Å². The van der Waals surface area contributed by atoms with Crippen molar-refractivity contribution in [3.05, 3.63) is 23.8 Å². The summed E-state index contributed by atoms with van der Waals surface area (Å²) in [5, 5.41) is 3.25. The molecule has 0 aromatic heterocycles. The summed E-state index contributed by atoms with van der Waals surface area (Å²) in [6.07, 6.45) is 1.79. The number of benzene rings is 1. The van der Waals surface area contributed by atoms with Crippen molar-refractivity contribution in [2.75, 3.05) is 31.1 Å². The average Bonchev–Trinajstić information content (AvgIpc) is 2.53. The minimum atomic E-state index is -3.52. The number of carbonyl (C=O) groups excluding carboxylic acids is 1. The van der Waals surface area contributed by atoms with Crippen LogP contribution in [0.3, 0.4) is 0 Å². The van der Waals surface area contributed by atoms with Gasteiger partial charge >= 0.3 is 0 Å². The van der Waals surface area contributed by atoms with E-state index in [2.05, 4.69) is 5.32 Å². The number of carbonyl (C=O) groups is 1. The third kappa shape index (κ3) is 3.13. The second kappa shape index (κ2) is 6.22. The first kappa shape index (κ1) is 16.4. The summed E-state index contributed by atoms with van der Waals surface area (Å²) in [6.45, 7) is 5.75. The van der Waals surface area contributed by atoms with Gasteiger partial charge < -0.3 is 10.2 Å². The minimum Gasteiger partial charge on any atom is -0.312 e. The molecule has 1 amide bonds. The minimum absolute atomic E-state index is 0.0451. The first-order valence-electron chi connectivity index (χ1n) is 8.04. The van der Waals surface area contributed by atoms with Crippen LogP contribution in [0.15, 0.2) is 23.1 Å². The molecule has 2 aliphatic rings. The van der Waals surface area contributed by atoms with Crippen molar-refractivity contribution in [1.29, 1.82) is 0 Å². The molecule has 2 aliphatic heterocycles. The van der Waals surface area contributed by atoms with Crippen LogP contribution in [-0.2, 0) is 21.2 Å². The molecule has 3 rings (SSSR count). The lowest BCUT2D eigenvalue weighted by molar-refractivity contribution is -0.116. The number of nitrogens with zero attached hydrogens (tertiary/aromatic N) is 2. The summed E-state index contributed by atoms with van der Waals surface area (Å²) in [4.78, 5) is 13.8. The largest absolute Gasteiger partial charge is 0.312 e. The normalized spacial score (nSPS) is 22.7. The molecule has 7 heteroatoms. The lowest BCUT2D eigenvalue weighted by Crippen LogP contribution is -2.51. The molecule has 23 heavy (non-hydrogen) atoms. The van der Waals surface area contributed by atoms with Crippen LogP contribution < -0.4 is 10.2 Å². The van der Waals surface area contributed by atoms with Crippen molar-refractivity contribution in [3.8, 4) is 0 Å². The summed E-state index contributed by atoms with van der Waals surface area (Å²) in [5.74, 6) is -0.0451. The van der Waals surface area contributed by atoms with Crippen molar-refractivity contribution in [2.24, 2.45) is 0 Å². The number of aryl methyl sites for hydroxylation is 1. The molecule has 1 atom stereocenters. The number of hydrogen-bond acceptors (Lipinski definition) is 4. The highest BCUT2D eigenvalue weighted by atomic mass is 32.2. The van der Waals surface area contributed by atoms with Gasteiger partial charge in [-0.2, -0.15) is 4.31 Å². The van der Waals surface area contributed by atoms with Crippen LogP contribution >= 0.6 is 0 Å². The number of amides is 1. The molecule has 126 valence electrons. The Balaban J connectivity index is 1.97. The smallest absolute Gasteiger partial charge is 0.243 e. The molecule has 6 nitrogen and oxygen atoms in total. The van der Waals surface area contributed by atoms with Gasteiger partial charge in [0.2, 0.25) is 15.9 Å². The van der Waals surface area contributed by atoms with E-state index in [1.807, 2.05) is 13.0 Å². The first-order chi connectivity index (χ1) is 10.9. The Hall–Kier alpha value is -1.44. The Labute approximate surface area is 137 Å². The number of piperazine rings is 1. The molecule has 0 bridgehead atoms. The van der Waals surface area contributed by atoms with E-state index >= 15 is 0 Å². The third-order valence-electron chi connectivity index (χ3n) is 4.52. The van der Waals surface area contributed by atoms with Crippen LogP contribution in [0.4, 0.5) is 5.69 Å². The molecule has 0 radical (unpaired) electrons. The van der Waals surface area contributed by atoms with Crippen molar-refractivity contribution in [2.45, 2.75) is 37.6 Å². The zero-order valence-corrected chi connectivity index (χ0v) is 14.4. The maximum absolute atomic E-state index is 12.9. The van der Waals surface area contributed by atoms with E-state index in [1.165, 1.54) is 11.2 Å². The molecule has 1 N–H and O–H groups in total. The fourth-order valence-electron chi connectivity index (χ4n) is 3.31. The third-order valence-corrected chi connectivity index (χ3v) is 6.39. The SMILES string of the molecule is CC(=O)N1CCCc2ccc(S(=O)(=O)N3CCN[C@@H](C)C3)cc21. The molecule has 1 saturated heterocycles. The van der Waals surface area contributed by atoms with E-state index in [0.717, 1.165) is 24.1 Å². The summed E-state index contributed by atoms with van der Waals surface area (Å²) in [5.41, 5.74) is 1.78. The van der Waals surface area contributed by atoms with Gasteiger partial charge in [0.1, 0.15) is 0 Å². The summed E-state index contributed by atoms with van der Waals surface area (Å²) < 4.78 is 27.3. The molecule has 0 aliphatic carbocycles. The van der Waals surface area contributed by atoms with Gasteiger partial charge in [-0.25, -0.2) is 8.42 Å². The lowest BCUT2D eigenvalue weighted by atomic mass is 10.0. The van der Waals surface area contributed by atoms with Gasteiger partial charge in [-0.1, -0.05) is 6.07 Å². The molecule has 0 spiro atoms. The lowest BCUT2D eigenvalue weighted by Gasteiger charge is -2.32. The molecule has 1 aromatic rings. The van der Waals surface area contributed by atoms with E-state index in [9.17, 15) is 13.2 Å². The predicted molar refractivity (Wildman–Crippen MR) is 89.0 cm³/mol. The monoisotopic (exact) mass is 337 g/mol. The number of anilines is 1. The van der Waals surface area contributed by atoms with Crippen LogP contribution in [0, 0.1) is 0 Å². The molecule has 1 fully saturated rings. The van der Waals surface area contributed by atoms with Crippen molar-refractivity contribution in [3.63, 3.8) is 0 Å². The number of hydrogen-bond donors (Lipinski definition) is 1. The van der Waals surface area contributed by atoms with Gasteiger partial charge in [-0.15, -0.1) is 0 Å². The maximum Gasteiger partial charge on any atom is 0.243 e. The molecular weight excluding hydrogens is 314 g/mol. The van der Waals surface area contributed by atoms with E-state index in [4.69, 9.17) is 0 Å². The highest BCUT2D eigenvalue weighted by molar-refractivity contribution is 7.89. The van der Waals surface area contributed by atoms with E-state index in [0.29, 0.717) is 26.2 Å². The van der Waals surface area contributed by atoms with Crippen LogP contribution in [-0.4, -0.2) is 50.9 Å². The summed E-state index contributed by atoms with van der Waals surface area (Å²) in [7, 11) is -3.52. The maximum atomic E-state index is 12.9. The van der Waals surface area contributed by atoms with Crippen molar-refractivity contribution < 1.29 is 13.2 Å². The Morgan fingerprint density at radius 1 is 1.30 bits per heavy atom. The molecule has 1 aromatic carbocycles. The van der Waals surface area contributed by atoms with Crippen molar-refractivity contribution in [1.82, 2.24) is 9.62 Å². The Morgan fingerprint density at radius 2 is 2.09 bits per heavy atom. The van der Waals surface area contributed by atoms with Crippen LogP contribution in [0.25, 0.3) is 0 Å². The Bertz CT molecular complexity index is 717. The molecule has 2 heterocycles.